The van der Waals surface area contributed by atoms with Crippen LogP contribution in [0.15, 0.2) is 66.7 Å². The van der Waals surface area contributed by atoms with Crippen molar-refractivity contribution in [1.82, 2.24) is 0 Å². The van der Waals surface area contributed by atoms with E-state index in [4.69, 9.17) is 14.2 Å². The fourth-order valence-electron chi connectivity index (χ4n) is 5.96. The first-order valence-corrected chi connectivity index (χ1v) is 12.5. The first kappa shape index (κ1) is 23.4. The van der Waals surface area contributed by atoms with E-state index in [1.165, 1.54) is 42.5 Å². The minimum Gasteiger partial charge on any atom is -0.508 e. The van der Waals surface area contributed by atoms with Crippen LogP contribution >= 0.6 is 0 Å². The van der Waals surface area contributed by atoms with Crippen molar-refractivity contribution in [3.8, 4) is 46.0 Å². The molecule has 0 aliphatic carbocycles. The number of aromatic hydroxyl groups is 5. The number of ether oxygens (including phenoxy) is 3. The number of benzene rings is 4. The fourth-order valence-corrected chi connectivity index (χ4v) is 5.96. The second-order valence-corrected chi connectivity index (χ2v) is 10.2. The van der Waals surface area contributed by atoms with Crippen molar-refractivity contribution in [2.45, 2.75) is 36.8 Å². The summed E-state index contributed by atoms with van der Waals surface area (Å²) in [7, 11) is 0. The summed E-state index contributed by atoms with van der Waals surface area (Å²) in [5, 5.41) is 62.7. The lowest BCUT2D eigenvalue weighted by atomic mass is 9.76. The van der Waals surface area contributed by atoms with Crippen LogP contribution in [-0.4, -0.2) is 36.7 Å². The molecule has 0 unspecified atom stereocenters. The zero-order chi connectivity index (χ0) is 27.1. The largest absolute Gasteiger partial charge is 0.508 e. The molecular formula is C30H24O9. The highest BCUT2D eigenvalue weighted by molar-refractivity contribution is 5.67. The second kappa shape index (κ2) is 8.12. The molecule has 2 bridgehead atoms. The van der Waals surface area contributed by atoms with Crippen LogP contribution in [0.3, 0.4) is 0 Å². The number of rotatable bonds is 2. The molecule has 198 valence electrons. The molecule has 0 spiro atoms. The number of fused-ring (bicyclic) bond motifs is 8. The Bertz CT molecular complexity index is 1610. The van der Waals surface area contributed by atoms with Gasteiger partial charge >= 0.3 is 0 Å². The molecule has 0 saturated heterocycles. The Kier molecular flexibility index (Phi) is 4.86. The average Bonchev–Trinajstić information content (AvgIpc) is 2.89. The number of hydrogen-bond donors (Lipinski definition) is 6. The average molecular weight is 529 g/mol. The molecule has 3 aliphatic rings. The lowest BCUT2D eigenvalue weighted by Gasteiger charge is -2.47. The second-order valence-electron chi connectivity index (χ2n) is 10.2. The number of aliphatic hydroxyl groups excluding tert-OH is 1. The summed E-state index contributed by atoms with van der Waals surface area (Å²) in [4.78, 5) is 0. The minimum atomic E-state index is -1.40. The van der Waals surface area contributed by atoms with Gasteiger partial charge in [0.05, 0.1) is 6.10 Å². The van der Waals surface area contributed by atoms with Crippen molar-refractivity contribution in [3.05, 3.63) is 94.5 Å². The predicted octanol–water partition coefficient (Wildman–Crippen LogP) is 4.41. The monoisotopic (exact) mass is 528 g/mol. The summed E-state index contributed by atoms with van der Waals surface area (Å²) in [5.74, 6) is -1.46. The summed E-state index contributed by atoms with van der Waals surface area (Å²) in [6, 6.07) is 16.8. The first-order valence-electron chi connectivity index (χ1n) is 12.5. The van der Waals surface area contributed by atoms with E-state index in [9.17, 15) is 30.6 Å². The Balaban J connectivity index is 1.44. The van der Waals surface area contributed by atoms with Crippen molar-refractivity contribution < 1.29 is 44.8 Å². The van der Waals surface area contributed by atoms with E-state index >= 15 is 0 Å². The molecule has 0 saturated carbocycles. The maximum atomic E-state index is 11.0. The molecule has 9 nitrogen and oxygen atoms in total. The summed E-state index contributed by atoms with van der Waals surface area (Å²) >= 11 is 0. The highest BCUT2D eigenvalue weighted by Gasteiger charge is 2.53. The van der Waals surface area contributed by atoms with Crippen LogP contribution in [0.2, 0.25) is 0 Å². The third-order valence-corrected chi connectivity index (χ3v) is 7.72. The van der Waals surface area contributed by atoms with Gasteiger partial charge in [0.25, 0.3) is 5.79 Å². The molecule has 9 heteroatoms. The quantitative estimate of drug-likeness (QED) is 0.222. The zero-order valence-electron chi connectivity index (χ0n) is 20.4. The molecule has 7 rings (SSSR count). The van der Waals surface area contributed by atoms with Gasteiger partial charge in [0.15, 0.2) is 0 Å². The summed E-state index contributed by atoms with van der Waals surface area (Å²) in [5.41, 5.74) is 2.62. The van der Waals surface area contributed by atoms with Gasteiger partial charge in [-0.3, -0.25) is 0 Å². The van der Waals surface area contributed by atoms with Gasteiger partial charge in [-0.1, -0.05) is 12.1 Å². The third-order valence-electron chi connectivity index (χ3n) is 7.72. The van der Waals surface area contributed by atoms with E-state index in [1.54, 1.807) is 24.3 Å². The van der Waals surface area contributed by atoms with E-state index < -0.39 is 23.9 Å². The van der Waals surface area contributed by atoms with E-state index in [0.29, 0.717) is 33.6 Å². The lowest BCUT2D eigenvalue weighted by molar-refractivity contribution is -0.149. The summed E-state index contributed by atoms with van der Waals surface area (Å²) in [6.07, 6.45) is -1.46. The highest BCUT2D eigenvalue weighted by atomic mass is 16.7. The van der Waals surface area contributed by atoms with Crippen LogP contribution in [0.5, 0.6) is 46.0 Å². The number of phenols is 5. The Morgan fingerprint density at radius 2 is 1.33 bits per heavy atom. The Hall–Kier alpha value is -4.76. The van der Waals surface area contributed by atoms with Crippen LogP contribution in [0, 0.1) is 0 Å². The molecular weight excluding hydrogens is 504 g/mol. The molecule has 0 amide bonds. The summed E-state index contributed by atoms with van der Waals surface area (Å²) < 4.78 is 19.2. The molecule has 0 aromatic heterocycles. The number of aliphatic hydroxyl groups is 1. The molecule has 4 aromatic rings. The van der Waals surface area contributed by atoms with E-state index in [-0.39, 0.29) is 53.1 Å². The van der Waals surface area contributed by atoms with Gasteiger partial charge in [0.2, 0.25) is 0 Å². The van der Waals surface area contributed by atoms with Gasteiger partial charge in [-0.25, -0.2) is 0 Å². The van der Waals surface area contributed by atoms with Gasteiger partial charge in [-0.05, 0) is 42.0 Å². The van der Waals surface area contributed by atoms with Gasteiger partial charge in [-0.15, -0.1) is 0 Å². The molecule has 39 heavy (non-hydrogen) atoms. The van der Waals surface area contributed by atoms with Crippen LogP contribution < -0.4 is 14.2 Å². The third kappa shape index (κ3) is 3.50. The van der Waals surface area contributed by atoms with Crippen LogP contribution in [0.4, 0.5) is 0 Å². The molecule has 6 N–H and O–H groups in total. The first-order chi connectivity index (χ1) is 18.7. The van der Waals surface area contributed by atoms with Gasteiger partial charge in [-0.2, -0.15) is 0 Å². The fraction of sp³-hybridized carbons (Fsp3) is 0.200. The van der Waals surface area contributed by atoms with Crippen LogP contribution in [-0.2, 0) is 12.2 Å². The standard InChI is InChI=1S/C30H24O9/c31-16-5-1-14(2-6-16)28-23(36)11-19-21(34)12-25-27(29(19)37-28)20-13-30(39-25,15-3-7-17(32)8-4-15)38-24-10-18(33)9-22(35)26(20)24/h1-10,12,20,23,28,31-36H,11,13H2/t20-,23+,28-,30+/m1/s1. The number of phenolic OH excluding ortho intramolecular Hbond substituents is 5. The van der Waals surface area contributed by atoms with Crippen LogP contribution in [0.1, 0.15) is 46.3 Å². The molecule has 3 heterocycles. The van der Waals surface area contributed by atoms with E-state index in [0.717, 1.165) is 0 Å². The Morgan fingerprint density at radius 1 is 0.692 bits per heavy atom. The molecule has 0 radical (unpaired) electrons. The Morgan fingerprint density at radius 3 is 2.03 bits per heavy atom. The predicted molar refractivity (Wildman–Crippen MR) is 137 cm³/mol. The molecule has 4 aromatic carbocycles. The van der Waals surface area contributed by atoms with Crippen molar-refractivity contribution in [2.75, 3.05) is 0 Å². The van der Waals surface area contributed by atoms with E-state index in [2.05, 4.69) is 0 Å². The molecule has 3 aliphatic heterocycles. The topological polar surface area (TPSA) is 149 Å². The van der Waals surface area contributed by atoms with Gasteiger partial charge in [0, 0.05) is 59.2 Å². The summed E-state index contributed by atoms with van der Waals surface area (Å²) in [6.45, 7) is 0. The molecule has 0 fully saturated rings. The van der Waals surface area contributed by atoms with Crippen LogP contribution in [0.25, 0.3) is 0 Å². The normalized spacial score (nSPS) is 24.3. The zero-order valence-corrected chi connectivity index (χ0v) is 20.4. The SMILES string of the molecule is Oc1ccc([C@H]2Oc3c(c(O)cc4c3[C@@H]3C[C@](c5ccc(O)cc5)(Oc5cc(O)cc(O)c53)O4)C[C@@H]2O)cc1. The van der Waals surface area contributed by atoms with Crippen molar-refractivity contribution in [3.63, 3.8) is 0 Å². The van der Waals surface area contributed by atoms with Gasteiger partial charge < -0.3 is 44.8 Å². The van der Waals surface area contributed by atoms with Crippen molar-refractivity contribution >= 4 is 0 Å². The maximum Gasteiger partial charge on any atom is 0.278 e. The highest BCUT2D eigenvalue weighted by Crippen LogP contribution is 2.62. The lowest BCUT2D eigenvalue weighted by Crippen LogP contribution is -2.47. The number of hydrogen-bond acceptors (Lipinski definition) is 9. The van der Waals surface area contributed by atoms with Gasteiger partial charge in [0.1, 0.15) is 52.1 Å². The molecule has 4 atom stereocenters. The van der Waals surface area contributed by atoms with Crippen molar-refractivity contribution in [1.29, 1.82) is 0 Å². The minimum absolute atomic E-state index is 0.0633. The van der Waals surface area contributed by atoms with E-state index in [1.807, 2.05) is 0 Å². The smallest absolute Gasteiger partial charge is 0.278 e. The maximum absolute atomic E-state index is 11.0. The van der Waals surface area contributed by atoms with Crippen molar-refractivity contribution in [2.24, 2.45) is 0 Å². The Labute approximate surface area is 222 Å².